The van der Waals surface area contributed by atoms with Crippen LogP contribution in [0.2, 0.25) is 0 Å². The molecule has 0 saturated carbocycles. The second-order valence-corrected chi connectivity index (χ2v) is 13.5. The number of ether oxygens (including phenoxy) is 4. The summed E-state index contributed by atoms with van der Waals surface area (Å²) in [5, 5.41) is 0. The van der Waals surface area contributed by atoms with E-state index in [2.05, 4.69) is 0 Å². The maximum atomic E-state index is 14.3. The number of halogens is 8. The molecule has 1 amide bonds. The Balaban J connectivity index is 1.58. The molecule has 0 bridgehead atoms. The zero-order valence-corrected chi connectivity index (χ0v) is 28.0. The van der Waals surface area contributed by atoms with Gasteiger partial charge in [0.2, 0.25) is 5.79 Å². The van der Waals surface area contributed by atoms with Gasteiger partial charge in [0.1, 0.15) is 17.7 Å². The number of rotatable bonds is 9. The van der Waals surface area contributed by atoms with Crippen molar-refractivity contribution < 1.29 is 58.9 Å². The van der Waals surface area contributed by atoms with Crippen LogP contribution in [0.15, 0.2) is 71.3 Å². The van der Waals surface area contributed by atoms with Crippen LogP contribution in [0.25, 0.3) is 0 Å². The largest absolute Gasteiger partial charge is 0.439 e. The Labute approximate surface area is 284 Å². The van der Waals surface area contributed by atoms with Crippen molar-refractivity contribution in [2.45, 2.75) is 76.2 Å². The van der Waals surface area contributed by atoms with E-state index in [0.29, 0.717) is 42.5 Å². The maximum Gasteiger partial charge on any atom is 0.416 e. The lowest BCUT2D eigenvalue weighted by Gasteiger charge is -2.41. The van der Waals surface area contributed by atoms with Gasteiger partial charge in [-0.15, -0.1) is 0 Å². The Morgan fingerprint density at radius 1 is 0.920 bits per heavy atom. The maximum absolute atomic E-state index is 14.3. The number of cyclic esters (lactones) is 1. The van der Waals surface area contributed by atoms with Gasteiger partial charge >= 0.3 is 18.4 Å². The van der Waals surface area contributed by atoms with Crippen LogP contribution < -0.4 is 0 Å². The van der Waals surface area contributed by atoms with Crippen molar-refractivity contribution in [3.05, 3.63) is 105 Å². The fraction of sp³-hybridized carbons (Fsp3) is 0.472. The molecule has 3 aliphatic rings. The summed E-state index contributed by atoms with van der Waals surface area (Å²) in [5.74, 6) is -3.65. The molecule has 1 aliphatic heterocycles. The number of hydrogen-bond acceptors (Lipinski definition) is 5. The fourth-order valence-corrected chi connectivity index (χ4v) is 6.86. The summed E-state index contributed by atoms with van der Waals surface area (Å²) in [6.07, 6.45) is -5.86. The summed E-state index contributed by atoms with van der Waals surface area (Å²) < 4.78 is 133. The van der Waals surface area contributed by atoms with Crippen molar-refractivity contribution in [1.82, 2.24) is 4.90 Å². The van der Waals surface area contributed by atoms with E-state index >= 15 is 0 Å². The van der Waals surface area contributed by atoms with Crippen molar-refractivity contribution in [1.29, 1.82) is 0 Å². The van der Waals surface area contributed by atoms with Gasteiger partial charge in [0.15, 0.2) is 6.79 Å². The van der Waals surface area contributed by atoms with Crippen LogP contribution in [0, 0.1) is 17.0 Å². The van der Waals surface area contributed by atoms with E-state index in [-0.39, 0.29) is 24.8 Å². The second-order valence-electron chi connectivity index (χ2n) is 13.5. The summed E-state index contributed by atoms with van der Waals surface area (Å²) in [6, 6.07) is 3.37. The van der Waals surface area contributed by atoms with Crippen LogP contribution in [0.3, 0.4) is 0 Å². The van der Waals surface area contributed by atoms with E-state index in [1.165, 1.54) is 38.2 Å². The second kappa shape index (κ2) is 13.8. The molecule has 272 valence electrons. The molecule has 1 fully saturated rings. The van der Waals surface area contributed by atoms with Gasteiger partial charge in [-0.3, -0.25) is 4.90 Å². The van der Waals surface area contributed by atoms with E-state index in [1.54, 1.807) is 18.2 Å². The number of methoxy groups -OCH3 is 2. The Kier molecular flexibility index (Phi) is 10.3. The normalized spacial score (nSPS) is 25.6. The lowest BCUT2D eigenvalue weighted by molar-refractivity contribution is -0.206. The highest BCUT2D eigenvalue weighted by molar-refractivity contribution is 5.72. The minimum absolute atomic E-state index is 0.0232. The fourth-order valence-electron chi connectivity index (χ4n) is 6.86. The quantitative estimate of drug-likeness (QED) is 0.147. The van der Waals surface area contributed by atoms with Crippen molar-refractivity contribution in [2.75, 3.05) is 27.6 Å². The summed E-state index contributed by atoms with van der Waals surface area (Å²) in [6.45, 7) is 5.27. The van der Waals surface area contributed by atoms with E-state index in [0.717, 1.165) is 17.2 Å². The van der Waals surface area contributed by atoms with Gasteiger partial charge in [-0.05, 0) is 90.3 Å². The Morgan fingerprint density at radius 2 is 1.54 bits per heavy atom. The van der Waals surface area contributed by atoms with E-state index in [9.17, 15) is 39.9 Å². The van der Waals surface area contributed by atoms with Crippen molar-refractivity contribution in [3.63, 3.8) is 0 Å². The third-order valence-electron chi connectivity index (χ3n) is 9.40. The molecule has 0 radical (unpaired) electrons. The first-order chi connectivity index (χ1) is 23.3. The topological polar surface area (TPSA) is 57.2 Å². The molecule has 50 heavy (non-hydrogen) atoms. The molecule has 0 aromatic heterocycles. The summed E-state index contributed by atoms with van der Waals surface area (Å²) >= 11 is 0. The predicted molar refractivity (Wildman–Crippen MR) is 166 cm³/mol. The van der Waals surface area contributed by atoms with Crippen LogP contribution in [0.1, 0.15) is 74.3 Å². The number of allylic oxidation sites excluding steroid dienone is 2. The van der Waals surface area contributed by atoms with Gasteiger partial charge in [-0.2, -0.15) is 26.3 Å². The predicted octanol–water partition coefficient (Wildman–Crippen LogP) is 9.63. The van der Waals surface area contributed by atoms with Gasteiger partial charge in [-0.25, -0.2) is 13.6 Å². The van der Waals surface area contributed by atoms with Crippen LogP contribution in [0.5, 0.6) is 0 Å². The van der Waals surface area contributed by atoms with Gasteiger partial charge in [0, 0.05) is 38.3 Å². The summed E-state index contributed by atoms with van der Waals surface area (Å²) in [7, 11) is 2.84. The Morgan fingerprint density at radius 3 is 2.10 bits per heavy atom. The minimum Gasteiger partial charge on any atom is -0.439 e. The molecule has 6 nitrogen and oxygen atoms in total. The van der Waals surface area contributed by atoms with Crippen LogP contribution >= 0.6 is 0 Å². The lowest BCUT2D eigenvalue weighted by atomic mass is 9.70. The van der Waals surface area contributed by atoms with E-state index in [4.69, 9.17) is 18.9 Å². The van der Waals surface area contributed by atoms with Gasteiger partial charge in [-0.1, -0.05) is 26.0 Å². The van der Waals surface area contributed by atoms with Crippen LogP contribution in [-0.4, -0.2) is 50.4 Å². The SMILES string of the molecule is COCOC1(OC)C=CC(c2cc(F)cc(F)c2)C=C1C1=C(CN2C(=O)O[C@H](c3cc(C(F)(F)F)cc(C(F)(F)F)c3)[C@@H]2C)CC(C)(C)CC1. The molecule has 0 N–H and O–H groups in total. The zero-order chi connectivity index (χ0) is 36.8. The minimum atomic E-state index is -5.08. The highest BCUT2D eigenvalue weighted by Gasteiger charge is 2.46. The third-order valence-corrected chi connectivity index (χ3v) is 9.40. The van der Waals surface area contributed by atoms with Gasteiger partial charge in [0.05, 0.1) is 17.2 Å². The number of hydrogen-bond donors (Lipinski definition) is 0. The van der Waals surface area contributed by atoms with Crippen molar-refractivity contribution in [3.8, 4) is 0 Å². The highest BCUT2D eigenvalue weighted by Crippen LogP contribution is 2.48. The molecule has 1 saturated heterocycles. The summed E-state index contributed by atoms with van der Waals surface area (Å²) in [4.78, 5) is 14.6. The number of alkyl halides is 6. The molecule has 4 atom stereocenters. The van der Waals surface area contributed by atoms with Crippen LogP contribution in [-0.2, 0) is 31.3 Å². The molecular formula is C36H37F8NO5. The molecule has 0 spiro atoms. The van der Waals surface area contributed by atoms with E-state index in [1.807, 2.05) is 13.8 Å². The number of amides is 1. The molecule has 1 heterocycles. The van der Waals surface area contributed by atoms with Gasteiger partial charge in [0.25, 0.3) is 0 Å². The molecule has 2 aliphatic carbocycles. The molecule has 2 aromatic carbocycles. The average Bonchev–Trinajstić information content (AvgIpc) is 3.30. The molecular weight excluding hydrogens is 678 g/mol. The Bertz CT molecular complexity index is 1660. The van der Waals surface area contributed by atoms with Crippen molar-refractivity contribution in [2.24, 2.45) is 5.41 Å². The number of carbonyl (C=O) groups excluding carboxylic acids is 1. The highest BCUT2D eigenvalue weighted by atomic mass is 19.4. The standard InChI is InChI=1S/C36H37F8NO5/c1-20-31(23-10-25(35(39,40)41)15-26(11-23)36(42,43)44)50-32(46)45(20)18-24-17-33(2,3)8-7-29(24)30-14-21(22-12-27(37)16-28(38)13-22)6-9-34(30,48-5)49-19-47-4/h6,9-16,20-21,31H,7-8,17-19H2,1-5H3/t20-,21?,31-,34?/m0/s1. The van der Waals surface area contributed by atoms with Crippen LogP contribution in [0.4, 0.5) is 39.9 Å². The molecule has 2 aromatic rings. The Hall–Kier alpha value is -3.75. The first-order valence-electron chi connectivity index (χ1n) is 15.8. The first kappa shape index (κ1) is 37.5. The van der Waals surface area contributed by atoms with E-state index < -0.39 is 70.6 Å². The average molecular weight is 716 g/mol. The zero-order valence-electron chi connectivity index (χ0n) is 28.0. The number of nitrogens with zero attached hydrogens (tertiary/aromatic N) is 1. The summed E-state index contributed by atoms with van der Waals surface area (Å²) in [5.41, 5.74) is -1.47. The lowest BCUT2D eigenvalue weighted by Crippen LogP contribution is -2.41. The molecule has 2 unspecified atom stereocenters. The number of carbonyl (C=O) groups is 1. The molecule has 14 heteroatoms. The first-order valence-corrected chi connectivity index (χ1v) is 15.8. The number of benzene rings is 2. The third kappa shape index (κ3) is 7.76. The smallest absolute Gasteiger partial charge is 0.416 e. The van der Waals surface area contributed by atoms with Crippen molar-refractivity contribution >= 4 is 6.09 Å². The molecule has 5 rings (SSSR count). The monoisotopic (exact) mass is 715 g/mol. The van der Waals surface area contributed by atoms with Gasteiger partial charge < -0.3 is 18.9 Å².